The maximum atomic E-state index is 12.3. The molecule has 4 nitrogen and oxygen atoms in total. The average Bonchev–Trinajstić information content (AvgIpc) is 2.37. The summed E-state index contributed by atoms with van der Waals surface area (Å²) in [7, 11) is -3.21. The minimum Gasteiger partial charge on any atom is -0.342 e. The van der Waals surface area contributed by atoms with Crippen LogP contribution in [0, 0.1) is 5.92 Å². The van der Waals surface area contributed by atoms with Gasteiger partial charge in [0.25, 0.3) is 0 Å². The molecule has 2 heterocycles. The van der Waals surface area contributed by atoms with Crippen molar-refractivity contribution in [3.05, 3.63) is 0 Å². The number of hydrogen-bond donors (Lipinski definition) is 0. The zero-order valence-corrected chi connectivity index (χ0v) is 12.0. The third-order valence-electron chi connectivity index (χ3n) is 4.00. The second-order valence-corrected chi connectivity index (χ2v) is 7.89. The van der Waals surface area contributed by atoms with Crippen LogP contribution in [0.2, 0.25) is 0 Å². The van der Waals surface area contributed by atoms with E-state index in [0.717, 1.165) is 19.3 Å². The van der Waals surface area contributed by atoms with Crippen LogP contribution in [0.1, 0.15) is 32.1 Å². The maximum Gasteiger partial charge on any atom is 0.240 e. The first-order valence-corrected chi connectivity index (χ1v) is 8.86. The van der Waals surface area contributed by atoms with Gasteiger partial charge in [-0.25, -0.2) is 8.42 Å². The van der Waals surface area contributed by atoms with E-state index in [4.69, 9.17) is 11.6 Å². The highest BCUT2D eigenvalue weighted by atomic mass is 35.5. The lowest BCUT2D eigenvalue weighted by molar-refractivity contribution is -0.132. The zero-order chi connectivity index (χ0) is 13.2. The molecule has 0 aromatic carbocycles. The van der Waals surface area contributed by atoms with Gasteiger partial charge in [0.2, 0.25) is 5.91 Å². The molecule has 1 atom stereocenters. The molecule has 0 aliphatic carbocycles. The lowest BCUT2D eigenvalue weighted by atomic mass is 9.98. The van der Waals surface area contributed by atoms with Gasteiger partial charge in [-0.1, -0.05) is 6.42 Å². The van der Waals surface area contributed by atoms with Crippen molar-refractivity contribution in [1.82, 2.24) is 4.90 Å². The molecule has 0 aromatic rings. The Labute approximate surface area is 114 Å². The molecule has 104 valence electrons. The van der Waals surface area contributed by atoms with Gasteiger partial charge in [0, 0.05) is 19.0 Å². The topological polar surface area (TPSA) is 54.5 Å². The molecule has 18 heavy (non-hydrogen) atoms. The van der Waals surface area contributed by atoms with Crippen molar-refractivity contribution in [2.75, 3.05) is 24.7 Å². The first-order valence-electron chi connectivity index (χ1n) is 6.61. The summed E-state index contributed by atoms with van der Waals surface area (Å²) < 4.78 is 23.8. The third kappa shape index (κ3) is 2.99. The maximum absolute atomic E-state index is 12.3. The molecule has 1 unspecified atom stereocenters. The van der Waals surface area contributed by atoms with Crippen LogP contribution in [0.4, 0.5) is 0 Å². The van der Waals surface area contributed by atoms with Gasteiger partial charge in [-0.2, -0.15) is 0 Å². The number of halogens is 1. The Balaban J connectivity index is 1.99. The molecule has 2 rings (SSSR count). The summed E-state index contributed by atoms with van der Waals surface area (Å²) in [5.74, 6) is 1.09. The van der Waals surface area contributed by atoms with Gasteiger partial charge >= 0.3 is 0 Å². The molecule has 2 saturated heterocycles. The number of carbonyl (C=O) groups is 1. The first kappa shape index (κ1) is 14.1. The van der Waals surface area contributed by atoms with Gasteiger partial charge in [0.05, 0.1) is 5.75 Å². The summed E-state index contributed by atoms with van der Waals surface area (Å²) in [5, 5.41) is -0.779. The molecule has 0 spiro atoms. The number of piperidine rings is 1. The number of sulfone groups is 1. The SMILES string of the molecule is O=C(C1CCCCS1(=O)=O)N1CCC(CCl)CC1. The van der Waals surface area contributed by atoms with E-state index >= 15 is 0 Å². The Morgan fingerprint density at radius 3 is 2.39 bits per heavy atom. The molecule has 0 aromatic heterocycles. The van der Waals surface area contributed by atoms with Crippen molar-refractivity contribution < 1.29 is 13.2 Å². The molecule has 2 aliphatic rings. The molecule has 2 fully saturated rings. The molecule has 1 amide bonds. The number of amides is 1. The van der Waals surface area contributed by atoms with Crippen LogP contribution in [0.5, 0.6) is 0 Å². The van der Waals surface area contributed by atoms with Gasteiger partial charge in [-0.05, 0) is 31.6 Å². The van der Waals surface area contributed by atoms with E-state index in [1.165, 1.54) is 0 Å². The van der Waals surface area contributed by atoms with Crippen LogP contribution in [-0.4, -0.2) is 49.2 Å². The highest BCUT2D eigenvalue weighted by molar-refractivity contribution is 7.92. The standard InChI is InChI=1S/C12H20ClNO3S/c13-9-10-4-6-14(7-5-10)12(15)11-3-1-2-8-18(11,16)17/h10-11H,1-9H2. The Bertz CT molecular complexity index is 402. The van der Waals surface area contributed by atoms with Crippen LogP contribution >= 0.6 is 11.6 Å². The van der Waals surface area contributed by atoms with Crippen molar-refractivity contribution in [2.24, 2.45) is 5.92 Å². The van der Waals surface area contributed by atoms with Gasteiger partial charge in [-0.15, -0.1) is 11.6 Å². The van der Waals surface area contributed by atoms with Crippen LogP contribution in [0.15, 0.2) is 0 Å². The van der Waals surface area contributed by atoms with Gasteiger partial charge in [0.1, 0.15) is 5.25 Å². The predicted molar refractivity (Wildman–Crippen MR) is 71.4 cm³/mol. The largest absolute Gasteiger partial charge is 0.342 e. The predicted octanol–water partition coefficient (Wildman–Crippen LogP) is 1.43. The Morgan fingerprint density at radius 1 is 1.17 bits per heavy atom. The van der Waals surface area contributed by atoms with E-state index in [0.29, 0.717) is 37.7 Å². The number of alkyl halides is 1. The van der Waals surface area contributed by atoms with Crippen LogP contribution in [0.3, 0.4) is 0 Å². The summed E-state index contributed by atoms with van der Waals surface area (Å²) in [5.41, 5.74) is 0. The van der Waals surface area contributed by atoms with E-state index in [2.05, 4.69) is 0 Å². The quantitative estimate of drug-likeness (QED) is 0.724. The van der Waals surface area contributed by atoms with E-state index in [9.17, 15) is 13.2 Å². The Morgan fingerprint density at radius 2 is 1.83 bits per heavy atom. The summed E-state index contributed by atoms with van der Waals surface area (Å²) in [6.07, 6.45) is 3.81. The van der Waals surface area contributed by atoms with E-state index in [1.807, 2.05) is 0 Å². The fraction of sp³-hybridized carbons (Fsp3) is 0.917. The smallest absolute Gasteiger partial charge is 0.240 e. The van der Waals surface area contributed by atoms with E-state index in [-0.39, 0.29) is 11.7 Å². The molecular weight excluding hydrogens is 274 g/mol. The fourth-order valence-corrected chi connectivity index (χ4v) is 4.92. The summed E-state index contributed by atoms with van der Waals surface area (Å²) in [6.45, 7) is 1.31. The summed E-state index contributed by atoms with van der Waals surface area (Å²) in [4.78, 5) is 14.0. The second kappa shape index (κ2) is 5.78. The molecule has 0 saturated carbocycles. The van der Waals surface area contributed by atoms with Crippen molar-refractivity contribution in [3.8, 4) is 0 Å². The van der Waals surface area contributed by atoms with Crippen LogP contribution in [-0.2, 0) is 14.6 Å². The fourth-order valence-electron chi connectivity index (χ4n) is 2.74. The lowest BCUT2D eigenvalue weighted by Crippen LogP contribution is -2.48. The first-order chi connectivity index (χ1) is 8.54. The lowest BCUT2D eigenvalue weighted by Gasteiger charge is -2.34. The summed E-state index contributed by atoms with van der Waals surface area (Å²) >= 11 is 5.80. The van der Waals surface area contributed by atoms with Crippen LogP contribution < -0.4 is 0 Å². The monoisotopic (exact) mass is 293 g/mol. The second-order valence-electron chi connectivity index (χ2n) is 5.27. The third-order valence-corrected chi connectivity index (χ3v) is 6.60. The summed E-state index contributed by atoms with van der Waals surface area (Å²) in [6, 6.07) is 0. The molecule has 0 radical (unpaired) electrons. The number of carbonyl (C=O) groups excluding carboxylic acids is 1. The number of hydrogen-bond acceptors (Lipinski definition) is 3. The van der Waals surface area contributed by atoms with Crippen molar-refractivity contribution in [3.63, 3.8) is 0 Å². The Hall–Kier alpha value is -0.290. The van der Waals surface area contributed by atoms with Gasteiger partial charge in [0.15, 0.2) is 9.84 Å². The molecule has 2 aliphatic heterocycles. The normalized spacial score (nSPS) is 29.2. The molecular formula is C12H20ClNO3S. The van der Waals surface area contributed by atoms with Gasteiger partial charge in [-0.3, -0.25) is 4.79 Å². The highest BCUT2D eigenvalue weighted by Gasteiger charge is 2.38. The molecule has 0 bridgehead atoms. The van der Waals surface area contributed by atoms with E-state index in [1.54, 1.807) is 4.90 Å². The zero-order valence-electron chi connectivity index (χ0n) is 10.5. The van der Waals surface area contributed by atoms with Crippen molar-refractivity contribution in [2.45, 2.75) is 37.4 Å². The number of likely N-dealkylation sites (tertiary alicyclic amines) is 1. The van der Waals surface area contributed by atoms with Crippen LogP contribution in [0.25, 0.3) is 0 Å². The Kier molecular flexibility index (Phi) is 4.54. The minimum atomic E-state index is -3.21. The highest BCUT2D eigenvalue weighted by Crippen LogP contribution is 2.24. The minimum absolute atomic E-state index is 0.168. The average molecular weight is 294 g/mol. The van der Waals surface area contributed by atoms with Crippen molar-refractivity contribution in [1.29, 1.82) is 0 Å². The van der Waals surface area contributed by atoms with Crippen molar-refractivity contribution >= 4 is 27.3 Å². The molecule has 6 heteroatoms. The molecule has 0 N–H and O–H groups in total. The number of nitrogens with zero attached hydrogens (tertiary/aromatic N) is 1. The number of rotatable bonds is 2. The van der Waals surface area contributed by atoms with E-state index < -0.39 is 15.1 Å². The van der Waals surface area contributed by atoms with Gasteiger partial charge < -0.3 is 4.90 Å².